The van der Waals surface area contributed by atoms with Gasteiger partial charge in [0.2, 0.25) is 5.95 Å². The monoisotopic (exact) mass is 393 g/mol. The number of hydrogen-bond donors (Lipinski definition) is 2. The second-order valence-corrected chi connectivity index (χ2v) is 7.79. The molecule has 144 valence electrons. The number of aryl methyl sites for hydroxylation is 1. The molecule has 8 heteroatoms. The van der Waals surface area contributed by atoms with Crippen molar-refractivity contribution in [2.24, 2.45) is 0 Å². The van der Waals surface area contributed by atoms with Crippen LogP contribution < -0.4 is 16.0 Å². The lowest BCUT2D eigenvalue weighted by atomic mass is 10.2. The zero-order valence-electron chi connectivity index (χ0n) is 16.1. The van der Waals surface area contributed by atoms with E-state index < -0.39 is 0 Å². The molecule has 0 aliphatic carbocycles. The van der Waals surface area contributed by atoms with Crippen molar-refractivity contribution < 1.29 is 0 Å². The normalized spacial score (nSPS) is 16.1. The third-order valence-electron chi connectivity index (χ3n) is 4.57. The van der Waals surface area contributed by atoms with E-state index in [2.05, 4.69) is 38.6 Å². The Morgan fingerprint density at radius 1 is 1.18 bits per heavy atom. The largest absolute Gasteiger partial charge is 0.397 e. The summed E-state index contributed by atoms with van der Waals surface area (Å²) < 4.78 is 2.18. The molecule has 3 aromatic rings. The van der Waals surface area contributed by atoms with Crippen LogP contribution in [0.4, 0.5) is 17.3 Å². The first-order valence-corrected chi connectivity index (χ1v) is 10.1. The van der Waals surface area contributed by atoms with Gasteiger partial charge in [0.05, 0.1) is 29.0 Å². The lowest BCUT2D eigenvalue weighted by molar-refractivity contribution is 0.587. The Morgan fingerprint density at radius 2 is 2.00 bits per heavy atom. The van der Waals surface area contributed by atoms with Gasteiger partial charge in [-0.2, -0.15) is 0 Å². The minimum absolute atomic E-state index is 0.0725. The number of thioether (sulfide) groups is 1. The summed E-state index contributed by atoms with van der Waals surface area (Å²) in [5.74, 6) is 1.53. The molecule has 2 aromatic heterocycles. The fourth-order valence-corrected chi connectivity index (χ4v) is 4.17. The number of nitrogen functional groups attached to an aromatic ring is 1. The second-order valence-electron chi connectivity index (χ2n) is 6.80. The third kappa shape index (κ3) is 3.43. The van der Waals surface area contributed by atoms with E-state index in [9.17, 15) is 0 Å². The van der Waals surface area contributed by atoms with Crippen LogP contribution in [0.15, 0.2) is 54.3 Å². The maximum absolute atomic E-state index is 6.15. The summed E-state index contributed by atoms with van der Waals surface area (Å²) in [6.45, 7) is 6.29. The van der Waals surface area contributed by atoms with Gasteiger partial charge < -0.3 is 20.5 Å². The van der Waals surface area contributed by atoms with Gasteiger partial charge in [0.25, 0.3) is 0 Å². The highest BCUT2D eigenvalue weighted by molar-refractivity contribution is 8.03. The van der Waals surface area contributed by atoms with Gasteiger partial charge in [-0.25, -0.2) is 15.0 Å². The number of rotatable bonds is 5. The minimum Gasteiger partial charge on any atom is -0.397 e. The molecule has 0 radical (unpaired) electrons. The summed E-state index contributed by atoms with van der Waals surface area (Å²) in [6, 6.07) is 10.0. The number of aromatic nitrogens is 4. The van der Waals surface area contributed by atoms with Crippen LogP contribution in [0.1, 0.15) is 25.7 Å². The quantitative estimate of drug-likeness (QED) is 0.627. The average molecular weight is 394 g/mol. The van der Waals surface area contributed by atoms with Gasteiger partial charge in [0, 0.05) is 18.4 Å². The molecule has 1 unspecified atom stereocenters. The van der Waals surface area contributed by atoms with Crippen molar-refractivity contribution in [3.63, 3.8) is 0 Å². The fourth-order valence-electron chi connectivity index (χ4n) is 3.33. The number of nitrogens with two attached hydrogens (primary N) is 1. The van der Waals surface area contributed by atoms with Gasteiger partial charge in [-0.15, -0.1) is 0 Å². The lowest BCUT2D eigenvalue weighted by Crippen LogP contribution is -2.32. The summed E-state index contributed by atoms with van der Waals surface area (Å²) >= 11 is 1.64. The number of para-hydroxylation sites is 2. The van der Waals surface area contributed by atoms with Gasteiger partial charge in [-0.1, -0.05) is 23.9 Å². The first kappa shape index (κ1) is 18.4. The number of hydrogen-bond acceptors (Lipinski definition) is 7. The van der Waals surface area contributed by atoms with E-state index >= 15 is 0 Å². The number of benzene rings is 1. The predicted molar refractivity (Wildman–Crippen MR) is 116 cm³/mol. The van der Waals surface area contributed by atoms with E-state index in [0.717, 1.165) is 28.6 Å². The highest BCUT2D eigenvalue weighted by Crippen LogP contribution is 2.34. The number of imidazole rings is 1. The van der Waals surface area contributed by atoms with Crippen molar-refractivity contribution in [2.75, 3.05) is 16.0 Å². The molecular formula is C20H23N7S. The first-order valence-electron chi connectivity index (χ1n) is 9.13. The minimum atomic E-state index is -0.0725. The van der Waals surface area contributed by atoms with E-state index in [1.807, 2.05) is 55.1 Å². The maximum atomic E-state index is 6.15. The van der Waals surface area contributed by atoms with E-state index in [0.29, 0.717) is 12.0 Å². The van der Waals surface area contributed by atoms with E-state index in [-0.39, 0.29) is 5.50 Å². The second kappa shape index (κ2) is 7.55. The van der Waals surface area contributed by atoms with Crippen LogP contribution in [-0.4, -0.2) is 25.0 Å². The van der Waals surface area contributed by atoms with Crippen molar-refractivity contribution in [1.29, 1.82) is 0 Å². The summed E-state index contributed by atoms with van der Waals surface area (Å²) in [7, 11) is 0. The molecule has 1 aromatic carbocycles. The van der Waals surface area contributed by atoms with Gasteiger partial charge in [0.1, 0.15) is 5.82 Å². The predicted octanol–water partition coefficient (Wildman–Crippen LogP) is 4.23. The Labute approximate surface area is 168 Å². The van der Waals surface area contributed by atoms with Crippen molar-refractivity contribution >= 4 is 29.1 Å². The molecule has 7 nitrogen and oxygen atoms in total. The van der Waals surface area contributed by atoms with Gasteiger partial charge >= 0.3 is 0 Å². The number of anilines is 3. The molecule has 28 heavy (non-hydrogen) atoms. The molecule has 0 amide bonds. The zero-order chi connectivity index (χ0) is 19.7. The molecule has 0 fully saturated rings. The molecular weight excluding hydrogens is 370 g/mol. The van der Waals surface area contributed by atoms with Crippen LogP contribution in [-0.2, 0) is 0 Å². The third-order valence-corrected chi connectivity index (χ3v) is 5.45. The first-order chi connectivity index (χ1) is 13.5. The summed E-state index contributed by atoms with van der Waals surface area (Å²) in [5, 5.41) is 5.43. The van der Waals surface area contributed by atoms with Gasteiger partial charge in [0.15, 0.2) is 5.50 Å². The fraction of sp³-hybridized carbons (Fsp3) is 0.250. The Bertz CT molecular complexity index is 1010. The van der Waals surface area contributed by atoms with E-state index in [4.69, 9.17) is 10.7 Å². The van der Waals surface area contributed by atoms with Crippen molar-refractivity contribution in [2.45, 2.75) is 32.3 Å². The molecule has 0 saturated carbocycles. The molecule has 1 aliphatic heterocycles. The van der Waals surface area contributed by atoms with Crippen LogP contribution in [0.3, 0.4) is 0 Å². The van der Waals surface area contributed by atoms with E-state index in [1.165, 1.54) is 0 Å². The molecule has 3 heterocycles. The Morgan fingerprint density at radius 3 is 2.79 bits per heavy atom. The van der Waals surface area contributed by atoms with Gasteiger partial charge in [-0.3, -0.25) is 0 Å². The van der Waals surface area contributed by atoms with Crippen molar-refractivity contribution in [3.05, 3.63) is 60.2 Å². The van der Waals surface area contributed by atoms with Crippen LogP contribution in [0.25, 0.3) is 11.4 Å². The van der Waals surface area contributed by atoms with Crippen LogP contribution in [0, 0.1) is 6.92 Å². The Balaban J connectivity index is 1.60. The molecule has 0 saturated heterocycles. The molecule has 0 spiro atoms. The summed E-state index contributed by atoms with van der Waals surface area (Å²) in [6.07, 6.45) is 5.64. The standard InChI is InChI=1S/C20H23N7S/c1-13(2)27-14(3)23-12-18(27)16-8-9-22-19(24-16)25-20-26(10-11-28-20)17-7-5-4-6-15(17)21/h4-13,20H,21H2,1-3H3,(H,22,24,25). The molecule has 4 rings (SSSR count). The van der Waals surface area contributed by atoms with E-state index in [1.54, 1.807) is 18.0 Å². The summed E-state index contributed by atoms with van der Waals surface area (Å²) in [5.41, 5.74) is 9.58. The highest BCUT2D eigenvalue weighted by atomic mass is 32.2. The Kier molecular flexibility index (Phi) is 4.95. The van der Waals surface area contributed by atoms with Gasteiger partial charge in [-0.05, 0) is 44.4 Å². The maximum Gasteiger partial charge on any atom is 0.225 e. The molecule has 0 bridgehead atoms. The SMILES string of the molecule is Cc1ncc(-c2ccnc(NC3SC=CN3c3ccccc3N)n2)n1C(C)C. The van der Waals surface area contributed by atoms with Crippen LogP contribution >= 0.6 is 11.8 Å². The number of nitrogens with zero attached hydrogens (tertiary/aromatic N) is 5. The lowest BCUT2D eigenvalue weighted by Gasteiger charge is -2.26. The van der Waals surface area contributed by atoms with Crippen LogP contribution in [0.5, 0.6) is 0 Å². The Hall–Kier alpha value is -3.00. The molecule has 1 aliphatic rings. The molecule has 1 atom stereocenters. The zero-order valence-corrected chi connectivity index (χ0v) is 16.9. The topological polar surface area (TPSA) is 84.9 Å². The van der Waals surface area contributed by atoms with Crippen molar-refractivity contribution in [3.8, 4) is 11.4 Å². The smallest absolute Gasteiger partial charge is 0.225 e. The van der Waals surface area contributed by atoms with Crippen LogP contribution in [0.2, 0.25) is 0 Å². The highest BCUT2D eigenvalue weighted by Gasteiger charge is 2.24. The van der Waals surface area contributed by atoms with Crippen molar-refractivity contribution in [1.82, 2.24) is 19.5 Å². The molecule has 3 N–H and O–H groups in total. The average Bonchev–Trinajstić information content (AvgIpc) is 3.29. The number of nitrogens with one attached hydrogen (secondary N) is 1. The summed E-state index contributed by atoms with van der Waals surface area (Å²) in [4.78, 5) is 15.7.